The Morgan fingerprint density at radius 1 is 1.07 bits per heavy atom. The quantitative estimate of drug-likeness (QED) is 0.459. The van der Waals surface area contributed by atoms with Gasteiger partial charge in [0.15, 0.2) is 5.75 Å². The molecule has 0 atom stereocenters. The van der Waals surface area contributed by atoms with Gasteiger partial charge in [-0.05, 0) is 0 Å². The summed E-state index contributed by atoms with van der Waals surface area (Å²) in [7, 11) is 3.90. The summed E-state index contributed by atoms with van der Waals surface area (Å²) in [6.45, 7) is 0. The number of hydrogen-bond donors (Lipinski definition) is 1. The fourth-order valence-corrected chi connectivity index (χ4v) is 3.38. The molecule has 10 nitrogen and oxygen atoms in total. The fraction of sp³-hybridized carbons (Fsp3) is 0.167. The maximum absolute atomic E-state index is 12.8. The molecule has 0 saturated heterocycles. The number of aromatic nitrogens is 2. The standard InChI is InChI=1S/C18H16N4O6S/c1-26-12-9-11(13(22(24)25)15(28-3)14(12)27-2)16(23)19-18-21-20-17(29-18)10-7-5-4-6-8-10/h4-9H,1-3H3,(H,19,21,23). The van der Waals surface area contributed by atoms with E-state index >= 15 is 0 Å². The van der Waals surface area contributed by atoms with Gasteiger partial charge in [-0.25, -0.2) is 0 Å². The Kier molecular flexibility index (Phi) is 5.88. The second-order valence-corrected chi connectivity index (χ2v) is 6.51. The molecule has 1 N–H and O–H groups in total. The third-order valence-corrected chi connectivity index (χ3v) is 4.78. The van der Waals surface area contributed by atoms with Crippen LogP contribution in [0.1, 0.15) is 10.4 Å². The lowest BCUT2D eigenvalue weighted by Crippen LogP contribution is -2.15. The summed E-state index contributed by atoms with van der Waals surface area (Å²) in [5, 5.41) is 22.9. The monoisotopic (exact) mass is 416 g/mol. The van der Waals surface area contributed by atoms with Gasteiger partial charge >= 0.3 is 5.69 Å². The van der Waals surface area contributed by atoms with Crippen molar-refractivity contribution in [3.63, 3.8) is 0 Å². The topological polar surface area (TPSA) is 126 Å². The first-order valence-electron chi connectivity index (χ1n) is 8.17. The van der Waals surface area contributed by atoms with E-state index in [4.69, 9.17) is 14.2 Å². The van der Waals surface area contributed by atoms with Crippen molar-refractivity contribution in [3.8, 4) is 27.8 Å². The number of rotatable bonds is 7. The molecule has 0 aliphatic carbocycles. The van der Waals surface area contributed by atoms with Crippen LogP contribution in [0.3, 0.4) is 0 Å². The highest BCUT2D eigenvalue weighted by Gasteiger charge is 2.32. The number of amides is 1. The summed E-state index contributed by atoms with van der Waals surface area (Å²) in [6, 6.07) is 10.5. The molecular weight excluding hydrogens is 400 g/mol. The van der Waals surface area contributed by atoms with Crippen molar-refractivity contribution in [2.75, 3.05) is 26.6 Å². The summed E-state index contributed by atoms with van der Waals surface area (Å²) in [6.07, 6.45) is 0. The van der Waals surface area contributed by atoms with Gasteiger partial charge in [-0.3, -0.25) is 20.2 Å². The van der Waals surface area contributed by atoms with Crippen molar-refractivity contribution < 1.29 is 23.9 Å². The van der Waals surface area contributed by atoms with Crippen molar-refractivity contribution in [2.24, 2.45) is 0 Å². The molecule has 0 fully saturated rings. The van der Waals surface area contributed by atoms with Crippen LogP contribution in [0.4, 0.5) is 10.8 Å². The maximum Gasteiger partial charge on any atom is 0.327 e. The van der Waals surface area contributed by atoms with Crippen molar-refractivity contribution >= 4 is 28.1 Å². The number of ether oxygens (including phenoxy) is 3. The van der Waals surface area contributed by atoms with Crippen LogP contribution in [0.25, 0.3) is 10.6 Å². The van der Waals surface area contributed by atoms with Crippen LogP contribution >= 0.6 is 11.3 Å². The number of benzene rings is 2. The highest BCUT2D eigenvalue weighted by atomic mass is 32.1. The molecule has 3 rings (SSSR count). The number of nitro groups is 1. The molecule has 11 heteroatoms. The summed E-state index contributed by atoms with van der Waals surface area (Å²) in [5.74, 6) is -0.848. The summed E-state index contributed by atoms with van der Waals surface area (Å²) in [5.41, 5.74) is 0.0284. The smallest absolute Gasteiger partial charge is 0.327 e. The van der Waals surface area contributed by atoms with E-state index in [-0.39, 0.29) is 27.9 Å². The molecule has 150 valence electrons. The number of nitrogens with zero attached hydrogens (tertiary/aromatic N) is 3. The van der Waals surface area contributed by atoms with Gasteiger partial charge in [0.25, 0.3) is 5.91 Å². The van der Waals surface area contributed by atoms with Gasteiger partial charge in [0, 0.05) is 11.6 Å². The predicted molar refractivity (Wildman–Crippen MR) is 106 cm³/mol. The number of nitrogens with one attached hydrogen (secondary N) is 1. The third kappa shape index (κ3) is 3.94. The molecule has 0 unspecified atom stereocenters. The lowest BCUT2D eigenvalue weighted by atomic mass is 10.1. The molecule has 3 aromatic rings. The van der Waals surface area contributed by atoms with Crippen LogP contribution in [0.15, 0.2) is 36.4 Å². The van der Waals surface area contributed by atoms with Crippen molar-refractivity contribution in [1.29, 1.82) is 0 Å². The zero-order chi connectivity index (χ0) is 21.0. The minimum Gasteiger partial charge on any atom is -0.493 e. The van der Waals surface area contributed by atoms with E-state index in [9.17, 15) is 14.9 Å². The van der Waals surface area contributed by atoms with Crippen LogP contribution in [0, 0.1) is 10.1 Å². The van der Waals surface area contributed by atoms with E-state index < -0.39 is 16.5 Å². The Labute approximate surface area is 169 Å². The van der Waals surface area contributed by atoms with Gasteiger partial charge in [-0.2, -0.15) is 0 Å². The first-order valence-corrected chi connectivity index (χ1v) is 8.99. The van der Waals surface area contributed by atoms with E-state index in [0.29, 0.717) is 5.01 Å². The molecule has 2 aromatic carbocycles. The Bertz CT molecular complexity index is 1050. The molecule has 0 aliphatic rings. The number of nitro benzene ring substituents is 1. The highest BCUT2D eigenvalue weighted by Crippen LogP contribution is 2.46. The predicted octanol–water partition coefficient (Wildman–Crippen LogP) is 3.39. The zero-order valence-corrected chi connectivity index (χ0v) is 16.5. The van der Waals surface area contributed by atoms with Gasteiger partial charge in [0.2, 0.25) is 16.6 Å². The summed E-state index contributed by atoms with van der Waals surface area (Å²) < 4.78 is 15.5. The third-order valence-electron chi connectivity index (χ3n) is 3.90. The van der Waals surface area contributed by atoms with Crippen molar-refractivity contribution in [2.45, 2.75) is 0 Å². The molecule has 0 aliphatic heterocycles. The van der Waals surface area contributed by atoms with Crippen LogP contribution in [-0.2, 0) is 0 Å². The normalized spacial score (nSPS) is 10.3. The van der Waals surface area contributed by atoms with E-state index in [2.05, 4.69) is 15.5 Å². The van der Waals surface area contributed by atoms with E-state index in [1.54, 1.807) is 0 Å². The van der Waals surface area contributed by atoms with Crippen molar-refractivity contribution in [3.05, 3.63) is 52.1 Å². The van der Waals surface area contributed by atoms with Gasteiger partial charge in [-0.1, -0.05) is 41.7 Å². The molecular formula is C18H16N4O6S. The average molecular weight is 416 g/mol. The number of hydrogen-bond acceptors (Lipinski definition) is 9. The molecule has 0 radical (unpaired) electrons. The molecule has 0 spiro atoms. The Balaban J connectivity index is 1.99. The number of carbonyl (C=O) groups is 1. The Morgan fingerprint density at radius 2 is 1.76 bits per heavy atom. The van der Waals surface area contributed by atoms with E-state index in [0.717, 1.165) is 16.9 Å². The van der Waals surface area contributed by atoms with Crippen LogP contribution in [0.2, 0.25) is 0 Å². The molecule has 1 heterocycles. The first kappa shape index (κ1) is 20.0. The number of carbonyl (C=O) groups excluding carboxylic acids is 1. The molecule has 1 amide bonds. The minimum atomic E-state index is -0.758. The largest absolute Gasteiger partial charge is 0.493 e. The average Bonchev–Trinajstić information content (AvgIpc) is 3.20. The van der Waals surface area contributed by atoms with Crippen LogP contribution < -0.4 is 19.5 Å². The second kappa shape index (κ2) is 8.52. The van der Waals surface area contributed by atoms with Crippen LogP contribution in [-0.4, -0.2) is 42.4 Å². The Hall–Kier alpha value is -3.73. The molecule has 0 bridgehead atoms. The van der Waals surface area contributed by atoms with E-state index in [1.807, 2.05) is 30.3 Å². The zero-order valence-electron chi connectivity index (χ0n) is 15.7. The number of anilines is 1. The van der Waals surface area contributed by atoms with Crippen LogP contribution in [0.5, 0.6) is 17.2 Å². The minimum absolute atomic E-state index is 0.0144. The molecule has 0 saturated carbocycles. The number of methoxy groups -OCH3 is 3. The van der Waals surface area contributed by atoms with Gasteiger partial charge in [0.1, 0.15) is 10.6 Å². The van der Waals surface area contributed by atoms with Crippen molar-refractivity contribution in [1.82, 2.24) is 10.2 Å². The fourth-order valence-electron chi connectivity index (χ4n) is 2.63. The second-order valence-electron chi connectivity index (χ2n) is 5.53. The SMILES string of the molecule is COc1cc(C(=O)Nc2nnc(-c3ccccc3)s2)c([N+](=O)[O-])c(OC)c1OC. The van der Waals surface area contributed by atoms with Gasteiger partial charge < -0.3 is 14.2 Å². The Morgan fingerprint density at radius 3 is 2.34 bits per heavy atom. The lowest BCUT2D eigenvalue weighted by molar-refractivity contribution is -0.386. The van der Waals surface area contributed by atoms with Gasteiger partial charge in [0.05, 0.1) is 26.3 Å². The lowest BCUT2D eigenvalue weighted by Gasteiger charge is -2.14. The summed E-state index contributed by atoms with van der Waals surface area (Å²) >= 11 is 1.14. The summed E-state index contributed by atoms with van der Waals surface area (Å²) in [4.78, 5) is 23.7. The molecule has 1 aromatic heterocycles. The first-order chi connectivity index (χ1) is 14.0. The highest BCUT2D eigenvalue weighted by molar-refractivity contribution is 7.18. The molecule has 29 heavy (non-hydrogen) atoms. The maximum atomic E-state index is 12.8. The van der Waals surface area contributed by atoms with Gasteiger partial charge in [-0.15, -0.1) is 10.2 Å². The van der Waals surface area contributed by atoms with E-state index in [1.165, 1.54) is 27.4 Å².